The Morgan fingerprint density at radius 3 is 2.39 bits per heavy atom. The second-order valence-electron chi connectivity index (χ2n) is 9.46. The maximum Gasteiger partial charge on any atom is 0.254 e. The number of nitrogens with two attached hydrogens (primary N) is 1. The Morgan fingerprint density at radius 1 is 1.14 bits per heavy atom. The number of ether oxygens (including phenoxy) is 1. The fourth-order valence-corrected chi connectivity index (χ4v) is 5.00. The van der Waals surface area contributed by atoms with Gasteiger partial charge < -0.3 is 15.1 Å². The molecule has 36 heavy (non-hydrogen) atoms. The highest BCUT2D eigenvalue weighted by Crippen LogP contribution is 2.43. The number of hydrogen-bond acceptors (Lipinski definition) is 5. The molecule has 0 unspecified atom stereocenters. The van der Waals surface area contributed by atoms with Crippen LogP contribution in [-0.4, -0.2) is 36.3 Å². The Morgan fingerprint density at radius 2 is 1.83 bits per heavy atom. The number of likely N-dealkylation sites (tertiary alicyclic amines) is 1. The molecule has 0 radical (unpaired) electrons. The molecule has 1 amide bonds. The number of aryl methyl sites for hydroxylation is 1. The van der Waals surface area contributed by atoms with Crippen molar-refractivity contribution in [3.63, 3.8) is 0 Å². The largest absolute Gasteiger partial charge is 0.478 e. The molecule has 2 aromatic rings. The summed E-state index contributed by atoms with van der Waals surface area (Å²) in [5.41, 5.74) is 8.39. The van der Waals surface area contributed by atoms with Gasteiger partial charge >= 0.3 is 0 Å². The molecule has 188 valence electrons. The van der Waals surface area contributed by atoms with E-state index in [-0.39, 0.29) is 11.8 Å². The van der Waals surface area contributed by atoms with E-state index in [2.05, 4.69) is 36.1 Å². The number of hydrazine groups is 1. The van der Waals surface area contributed by atoms with Crippen LogP contribution in [-0.2, 0) is 11.2 Å². The van der Waals surface area contributed by atoms with Gasteiger partial charge in [-0.3, -0.25) is 4.79 Å². The molecule has 1 aliphatic heterocycles. The second-order valence-corrected chi connectivity index (χ2v) is 9.46. The topological polar surface area (TPSA) is 104 Å². The van der Waals surface area contributed by atoms with Crippen molar-refractivity contribution in [3.8, 4) is 6.07 Å². The Labute approximate surface area is 213 Å². The van der Waals surface area contributed by atoms with Crippen molar-refractivity contribution >= 4 is 11.7 Å². The molecule has 0 spiro atoms. The smallest absolute Gasteiger partial charge is 0.254 e. The minimum absolute atomic E-state index is 0.0498. The third kappa shape index (κ3) is 5.60. The van der Waals surface area contributed by atoms with Gasteiger partial charge in [0.15, 0.2) is 5.84 Å². The van der Waals surface area contributed by atoms with Crippen LogP contribution in [0.4, 0.5) is 0 Å². The van der Waals surface area contributed by atoms with Crippen LogP contribution < -0.4 is 11.3 Å². The average molecular weight is 486 g/mol. The van der Waals surface area contributed by atoms with Gasteiger partial charge in [-0.25, -0.2) is 5.84 Å². The lowest BCUT2D eigenvalue weighted by atomic mass is 9.88. The number of piperidine rings is 1. The lowest BCUT2D eigenvalue weighted by molar-refractivity contribution is 0.0712. The number of nitrogens with one attached hydrogen (secondary N) is 1. The van der Waals surface area contributed by atoms with E-state index < -0.39 is 0 Å². The number of rotatable bonds is 8. The molecular weight excluding hydrogens is 450 g/mol. The fourth-order valence-electron chi connectivity index (χ4n) is 5.00. The van der Waals surface area contributed by atoms with Crippen molar-refractivity contribution in [3.05, 3.63) is 82.2 Å². The van der Waals surface area contributed by atoms with E-state index in [4.69, 9.17) is 15.8 Å². The first-order valence-corrected chi connectivity index (χ1v) is 12.8. The molecule has 2 aliphatic rings. The number of nitrogens with zero attached hydrogens (tertiary/aromatic N) is 3. The highest BCUT2D eigenvalue weighted by molar-refractivity contribution is 6.04. The summed E-state index contributed by atoms with van der Waals surface area (Å²) in [6.07, 6.45) is 4.82. The Hall–Kier alpha value is -3.63. The van der Waals surface area contributed by atoms with Gasteiger partial charge in [0.05, 0.1) is 18.2 Å². The maximum absolute atomic E-state index is 13.7. The van der Waals surface area contributed by atoms with Crippen LogP contribution in [0.5, 0.6) is 0 Å². The highest BCUT2D eigenvalue weighted by Gasteiger charge is 2.31. The van der Waals surface area contributed by atoms with E-state index in [1.54, 1.807) is 0 Å². The van der Waals surface area contributed by atoms with Crippen LogP contribution in [0.25, 0.3) is 0 Å². The van der Waals surface area contributed by atoms with Gasteiger partial charge in [0.25, 0.3) is 5.91 Å². The number of hydrogen-bond donors (Lipinski definition) is 2. The van der Waals surface area contributed by atoms with Crippen LogP contribution in [0.15, 0.2) is 53.9 Å². The average Bonchev–Trinajstić information content (AvgIpc) is 3.76. The number of amidine groups is 1. The normalized spacial score (nSPS) is 16.4. The SMILES string of the molecule is C=C(N=C(NN)c1cc(C(=O)N2CCC(c3ccc(C#N)cc3)CC2)c(CC)cc1C1CC1)OCC. The third-order valence-corrected chi connectivity index (χ3v) is 7.14. The summed E-state index contributed by atoms with van der Waals surface area (Å²) in [4.78, 5) is 20.2. The molecule has 0 bridgehead atoms. The van der Waals surface area contributed by atoms with Crippen molar-refractivity contribution in [2.75, 3.05) is 19.7 Å². The Bertz CT molecular complexity index is 1180. The van der Waals surface area contributed by atoms with E-state index in [0.717, 1.165) is 43.2 Å². The third-order valence-electron chi connectivity index (χ3n) is 7.14. The molecule has 2 fully saturated rings. The molecule has 7 heteroatoms. The minimum Gasteiger partial charge on any atom is -0.478 e. The van der Waals surface area contributed by atoms with Gasteiger partial charge in [0.1, 0.15) is 0 Å². The summed E-state index contributed by atoms with van der Waals surface area (Å²) in [6, 6.07) is 14.1. The summed E-state index contributed by atoms with van der Waals surface area (Å²) < 4.78 is 5.42. The summed E-state index contributed by atoms with van der Waals surface area (Å²) in [5.74, 6) is 7.52. The number of carbonyl (C=O) groups excluding carboxylic acids is 1. The molecule has 0 aromatic heterocycles. The monoisotopic (exact) mass is 485 g/mol. The highest BCUT2D eigenvalue weighted by atomic mass is 16.5. The molecule has 4 rings (SSSR count). The van der Waals surface area contributed by atoms with Crippen LogP contribution in [0.3, 0.4) is 0 Å². The van der Waals surface area contributed by atoms with Gasteiger partial charge in [-0.05, 0) is 92.3 Å². The van der Waals surface area contributed by atoms with E-state index >= 15 is 0 Å². The summed E-state index contributed by atoms with van der Waals surface area (Å²) in [6.45, 7) is 9.69. The molecule has 1 aliphatic carbocycles. The van der Waals surface area contributed by atoms with E-state index in [0.29, 0.717) is 48.5 Å². The summed E-state index contributed by atoms with van der Waals surface area (Å²) >= 11 is 0. The first kappa shape index (κ1) is 25.5. The first-order chi connectivity index (χ1) is 17.5. The molecule has 0 atom stereocenters. The van der Waals surface area contributed by atoms with Crippen molar-refractivity contribution in [1.82, 2.24) is 10.3 Å². The molecule has 7 nitrogen and oxygen atoms in total. The zero-order valence-corrected chi connectivity index (χ0v) is 21.2. The van der Waals surface area contributed by atoms with Crippen LogP contribution in [0.1, 0.15) is 89.5 Å². The van der Waals surface area contributed by atoms with Crippen LogP contribution in [0, 0.1) is 11.3 Å². The molecule has 1 heterocycles. The van der Waals surface area contributed by atoms with E-state index in [1.165, 1.54) is 11.1 Å². The molecule has 3 N–H and O–H groups in total. The lowest BCUT2D eigenvalue weighted by Gasteiger charge is -2.33. The molecule has 1 saturated carbocycles. The zero-order valence-electron chi connectivity index (χ0n) is 21.2. The lowest BCUT2D eigenvalue weighted by Crippen LogP contribution is -2.39. The van der Waals surface area contributed by atoms with Gasteiger partial charge in [0, 0.05) is 24.2 Å². The maximum atomic E-state index is 13.7. The number of carbonyl (C=O) groups is 1. The minimum atomic E-state index is 0.0498. The predicted octanol–water partition coefficient (Wildman–Crippen LogP) is 4.74. The Balaban J connectivity index is 1.58. The van der Waals surface area contributed by atoms with Gasteiger partial charge in [0.2, 0.25) is 5.88 Å². The van der Waals surface area contributed by atoms with Crippen LogP contribution in [0.2, 0.25) is 0 Å². The number of aliphatic imine (C=N–C) groups is 1. The van der Waals surface area contributed by atoms with Gasteiger partial charge in [-0.15, -0.1) is 0 Å². The van der Waals surface area contributed by atoms with Crippen LogP contribution >= 0.6 is 0 Å². The second kappa shape index (κ2) is 11.4. The van der Waals surface area contributed by atoms with E-state index in [1.807, 2.05) is 42.2 Å². The molecule has 1 saturated heterocycles. The van der Waals surface area contributed by atoms with Crippen molar-refractivity contribution in [2.45, 2.75) is 57.8 Å². The van der Waals surface area contributed by atoms with Gasteiger partial charge in [-0.2, -0.15) is 10.3 Å². The number of benzene rings is 2. The van der Waals surface area contributed by atoms with Gasteiger partial charge in [-0.1, -0.05) is 25.1 Å². The molecule has 2 aromatic carbocycles. The Kier molecular flexibility index (Phi) is 8.07. The van der Waals surface area contributed by atoms with Crippen molar-refractivity contribution < 1.29 is 9.53 Å². The zero-order chi connectivity index (χ0) is 25.7. The number of nitriles is 1. The summed E-state index contributed by atoms with van der Waals surface area (Å²) in [7, 11) is 0. The van der Waals surface area contributed by atoms with Crippen molar-refractivity contribution in [2.24, 2.45) is 10.8 Å². The first-order valence-electron chi connectivity index (χ1n) is 12.8. The predicted molar refractivity (Wildman–Crippen MR) is 141 cm³/mol. The standard InChI is InChI=1S/C29H35N5O2/c1-4-21-16-25(24-10-11-24)27(28(33-31)32-19(3)36-5-2)17-26(21)29(35)34-14-12-23(13-15-34)22-8-6-20(18-30)7-9-22/h6-9,16-17,23-24H,3-5,10-15,31H2,1-2H3,(H,32,33). The fraction of sp³-hybridized carbons (Fsp3) is 0.414. The number of amides is 1. The van der Waals surface area contributed by atoms with Crippen molar-refractivity contribution in [1.29, 1.82) is 5.26 Å². The molecular formula is C29H35N5O2. The van der Waals surface area contributed by atoms with E-state index in [9.17, 15) is 4.79 Å². The summed E-state index contributed by atoms with van der Waals surface area (Å²) in [5, 5.41) is 9.05. The quantitative estimate of drug-likeness (QED) is 0.185.